The predicted octanol–water partition coefficient (Wildman–Crippen LogP) is 4.62. The highest BCUT2D eigenvalue weighted by molar-refractivity contribution is 5.60. The second-order valence-corrected chi connectivity index (χ2v) is 5.61. The van der Waals surface area contributed by atoms with Gasteiger partial charge >= 0.3 is 0 Å². The summed E-state index contributed by atoms with van der Waals surface area (Å²) in [5, 5.41) is 0. The maximum absolute atomic E-state index is 6.20. The molecule has 0 spiro atoms. The lowest BCUT2D eigenvalue weighted by Gasteiger charge is -2.39. The van der Waals surface area contributed by atoms with Gasteiger partial charge < -0.3 is 4.74 Å². The quantitative estimate of drug-likeness (QED) is 0.746. The van der Waals surface area contributed by atoms with Crippen LogP contribution in [0.2, 0.25) is 0 Å². The molecule has 19 heavy (non-hydrogen) atoms. The lowest BCUT2D eigenvalue weighted by Crippen LogP contribution is -2.37. The number of fused-ring (bicyclic) bond motifs is 1. The highest BCUT2D eigenvalue weighted by Gasteiger charge is 2.36. The molecule has 3 unspecified atom stereocenters. The molecule has 0 bridgehead atoms. The Bertz CT molecular complexity index is 553. The van der Waals surface area contributed by atoms with E-state index < -0.39 is 0 Å². The van der Waals surface area contributed by atoms with Crippen molar-refractivity contribution in [3.63, 3.8) is 0 Å². The first-order valence-corrected chi connectivity index (χ1v) is 7.03. The van der Waals surface area contributed by atoms with Crippen LogP contribution in [0, 0.1) is 11.3 Å². The van der Waals surface area contributed by atoms with Gasteiger partial charge in [0.25, 0.3) is 0 Å². The molecule has 0 N–H and O–H groups in total. The van der Waals surface area contributed by atoms with Crippen molar-refractivity contribution in [2.24, 2.45) is 11.3 Å². The van der Waals surface area contributed by atoms with Gasteiger partial charge in [0.15, 0.2) is 0 Å². The summed E-state index contributed by atoms with van der Waals surface area (Å²) in [7, 11) is 0. The summed E-state index contributed by atoms with van der Waals surface area (Å²) in [6.07, 6.45) is 14.5. The maximum atomic E-state index is 6.20. The molecule has 1 heteroatoms. The van der Waals surface area contributed by atoms with Gasteiger partial charge in [-0.15, -0.1) is 0 Å². The van der Waals surface area contributed by atoms with Crippen molar-refractivity contribution in [3.8, 4) is 5.75 Å². The first-order valence-electron chi connectivity index (χ1n) is 7.03. The van der Waals surface area contributed by atoms with Crippen LogP contribution < -0.4 is 4.74 Å². The van der Waals surface area contributed by atoms with E-state index in [1.54, 1.807) is 0 Å². The summed E-state index contributed by atoms with van der Waals surface area (Å²) < 4.78 is 6.20. The number of rotatable bonds is 2. The second-order valence-electron chi connectivity index (χ2n) is 5.61. The molecule has 3 atom stereocenters. The first kappa shape index (κ1) is 12.3. The van der Waals surface area contributed by atoms with Crippen LogP contribution in [0.25, 0.3) is 6.08 Å². The van der Waals surface area contributed by atoms with E-state index in [4.69, 9.17) is 4.74 Å². The summed E-state index contributed by atoms with van der Waals surface area (Å²) in [6.45, 7) is 4.56. The average molecular weight is 252 g/mol. The molecular formula is C18H20O. The molecule has 1 nitrogen and oxygen atoms in total. The molecule has 1 aromatic rings. The highest BCUT2D eigenvalue weighted by Crippen LogP contribution is 2.41. The van der Waals surface area contributed by atoms with E-state index in [9.17, 15) is 0 Å². The molecule has 0 saturated carbocycles. The van der Waals surface area contributed by atoms with Crippen LogP contribution in [0.4, 0.5) is 0 Å². The van der Waals surface area contributed by atoms with Crippen molar-refractivity contribution in [1.82, 2.24) is 0 Å². The van der Waals surface area contributed by atoms with Crippen molar-refractivity contribution >= 4 is 6.08 Å². The molecule has 3 rings (SSSR count). The van der Waals surface area contributed by atoms with Gasteiger partial charge in [-0.2, -0.15) is 0 Å². The SMILES string of the molecule is CCC1(C)C=CC=CC1C1C=Cc2ccccc2O1. The molecule has 0 aromatic heterocycles. The van der Waals surface area contributed by atoms with Gasteiger partial charge in [-0.25, -0.2) is 0 Å². The highest BCUT2D eigenvalue weighted by atomic mass is 16.5. The van der Waals surface area contributed by atoms with Crippen molar-refractivity contribution in [2.75, 3.05) is 0 Å². The van der Waals surface area contributed by atoms with E-state index in [1.807, 2.05) is 12.1 Å². The van der Waals surface area contributed by atoms with E-state index in [0.717, 1.165) is 12.2 Å². The number of hydrogen-bond acceptors (Lipinski definition) is 1. The number of benzene rings is 1. The van der Waals surface area contributed by atoms with Crippen LogP contribution in [0.1, 0.15) is 25.8 Å². The number of para-hydroxylation sites is 1. The number of ether oxygens (including phenoxy) is 1. The molecule has 0 fully saturated rings. The summed E-state index contributed by atoms with van der Waals surface area (Å²) >= 11 is 0. The average Bonchev–Trinajstić information content (AvgIpc) is 2.47. The second kappa shape index (κ2) is 4.73. The van der Waals surface area contributed by atoms with Crippen molar-refractivity contribution < 1.29 is 4.74 Å². The van der Waals surface area contributed by atoms with E-state index in [2.05, 4.69) is 62.4 Å². The standard InChI is InChI=1S/C18H20O/c1-3-18(2)13-7-6-9-15(18)17-12-11-14-8-4-5-10-16(14)19-17/h4-13,15,17H,3H2,1-2H3. The zero-order valence-electron chi connectivity index (χ0n) is 11.5. The first-order chi connectivity index (χ1) is 9.23. The summed E-state index contributed by atoms with van der Waals surface area (Å²) in [6, 6.07) is 8.23. The monoisotopic (exact) mass is 252 g/mol. The Hall–Kier alpha value is -1.76. The van der Waals surface area contributed by atoms with Crippen molar-refractivity contribution in [1.29, 1.82) is 0 Å². The smallest absolute Gasteiger partial charge is 0.127 e. The maximum Gasteiger partial charge on any atom is 0.127 e. The molecule has 0 amide bonds. The van der Waals surface area contributed by atoms with Crippen LogP contribution in [0.3, 0.4) is 0 Å². The molecule has 2 aliphatic rings. The van der Waals surface area contributed by atoms with Gasteiger partial charge in [0, 0.05) is 11.5 Å². The van der Waals surface area contributed by atoms with E-state index in [1.165, 1.54) is 5.56 Å². The zero-order valence-corrected chi connectivity index (χ0v) is 11.5. The Morgan fingerprint density at radius 3 is 2.84 bits per heavy atom. The van der Waals surface area contributed by atoms with Gasteiger partial charge in [0.2, 0.25) is 0 Å². The third-order valence-corrected chi connectivity index (χ3v) is 4.43. The van der Waals surface area contributed by atoms with E-state index in [0.29, 0.717) is 5.92 Å². The van der Waals surface area contributed by atoms with Crippen LogP contribution in [-0.4, -0.2) is 6.10 Å². The molecule has 0 radical (unpaired) electrons. The number of allylic oxidation sites excluding steroid dienone is 3. The lowest BCUT2D eigenvalue weighted by atomic mass is 9.69. The fraction of sp³-hybridized carbons (Fsp3) is 0.333. The lowest BCUT2D eigenvalue weighted by molar-refractivity contribution is 0.127. The minimum Gasteiger partial charge on any atom is -0.485 e. The summed E-state index contributed by atoms with van der Waals surface area (Å²) in [5.41, 5.74) is 1.35. The predicted molar refractivity (Wildman–Crippen MR) is 80.1 cm³/mol. The molecule has 1 aromatic carbocycles. The summed E-state index contributed by atoms with van der Waals surface area (Å²) in [4.78, 5) is 0. The van der Waals surface area contributed by atoms with Crippen LogP contribution >= 0.6 is 0 Å². The van der Waals surface area contributed by atoms with Crippen molar-refractivity contribution in [2.45, 2.75) is 26.4 Å². The Morgan fingerprint density at radius 1 is 1.16 bits per heavy atom. The topological polar surface area (TPSA) is 9.23 Å². The third kappa shape index (κ3) is 2.14. The van der Waals surface area contributed by atoms with Gasteiger partial charge in [0.1, 0.15) is 11.9 Å². The molecule has 1 aliphatic carbocycles. The largest absolute Gasteiger partial charge is 0.485 e. The van der Waals surface area contributed by atoms with Gasteiger partial charge in [-0.3, -0.25) is 0 Å². The Kier molecular flexibility index (Phi) is 3.06. The Balaban J connectivity index is 1.89. The molecule has 98 valence electrons. The molecule has 0 saturated heterocycles. The van der Waals surface area contributed by atoms with Gasteiger partial charge in [-0.05, 0) is 24.0 Å². The van der Waals surface area contributed by atoms with E-state index >= 15 is 0 Å². The molecule has 1 aliphatic heterocycles. The van der Waals surface area contributed by atoms with Gasteiger partial charge in [0.05, 0.1) is 0 Å². The Morgan fingerprint density at radius 2 is 2.00 bits per heavy atom. The fourth-order valence-electron chi connectivity index (χ4n) is 2.93. The summed E-state index contributed by atoms with van der Waals surface area (Å²) in [5.74, 6) is 1.39. The Labute approximate surface area is 115 Å². The fourth-order valence-corrected chi connectivity index (χ4v) is 2.93. The third-order valence-electron chi connectivity index (χ3n) is 4.43. The van der Waals surface area contributed by atoms with Crippen LogP contribution in [0.15, 0.2) is 54.6 Å². The normalized spacial score (nSPS) is 31.9. The minimum atomic E-state index is 0.126. The van der Waals surface area contributed by atoms with E-state index in [-0.39, 0.29) is 11.5 Å². The molecular weight excluding hydrogens is 232 g/mol. The zero-order chi connectivity index (χ0) is 13.3. The van der Waals surface area contributed by atoms with Crippen LogP contribution in [-0.2, 0) is 0 Å². The van der Waals surface area contributed by atoms with Crippen LogP contribution in [0.5, 0.6) is 5.75 Å². The minimum absolute atomic E-state index is 0.126. The molecule has 1 heterocycles. The number of hydrogen-bond donors (Lipinski definition) is 0. The van der Waals surface area contributed by atoms with Crippen molar-refractivity contribution in [3.05, 3.63) is 60.2 Å². The van der Waals surface area contributed by atoms with Gasteiger partial charge in [-0.1, -0.05) is 62.4 Å².